The van der Waals surface area contributed by atoms with Gasteiger partial charge in [0, 0.05) is 49.2 Å². The maximum atomic E-state index is 12.4. The summed E-state index contributed by atoms with van der Waals surface area (Å²) in [6.07, 6.45) is 3.09. The number of carbonyl (C=O) groups excluding carboxylic acids is 2. The van der Waals surface area contributed by atoms with Crippen LogP contribution in [0.3, 0.4) is 0 Å². The number of nitrogens with two attached hydrogens (primary N) is 1. The summed E-state index contributed by atoms with van der Waals surface area (Å²) < 4.78 is 5.35. The molecule has 0 aliphatic carbocycles. The summed E-state index contributed by atoms with van der Waals surface area (Å²) in [5.74, 6) is -0.625. The highest BCUT2D eigenvalue weighted by molar-refractivity contribution is 5.95. The molecule has 27 heavy (non-hydrogen) atoms. The molecular weight excluding hydrogens is 344 g/mol. The zero-order valence-electron chi connectivity index (χ0n) is 15.4. The van der Waals surface area contributed by atoms with Gasteiger partial charge in [0.1, 0.15) is 0 Å². The van der Waals surface area contributed by atoms with Crippen molar-refractivity contribution in [2.75, 3.05) is 32.8 Å². The van der Waals surface area contributed by atoms with Crippen molar-refractivity contribution >= 4 is 11.8 Å². The van der Waals surface area contributed by atoms with E-state index in [1.54, 1.807) is 24.4 Å². The van der Waals surface area contributed by atoms with E-state index in [1.165, 1.54) is 6.20 Å². The van der Waals surface area contributed by atoms with Crippen LogP contribution in [-0.2, 0) is 4.74 Å². The Morgan fingerprint density at radius 2 is 1.85 bits per heavy atom. The third-order valence-electron chi connectivity index (χ3n) is 4.73. The van der Waals surface area contributed by atoms with Crippen molar-refractivity contribution in [3.05, 3.63) is 53.9 Å². The van der Waals surface area contributed by atoms with Gasteiger partial charge in [-0.3, -0.25) is 19.5 Å². The summed E-state index contributed by atoms with van der Waals surface area (Å²) in [6.45, 7) is 5.96. The Morgan fingerprint density at radius 1 is 1.15 bits per heavy atom. The molecule has 3 N–H and O–H groups in total. The van der Waals surface area contributed by atoms with Crippen LogP contribution >= 0.6 is 0 Å². The molecule has 0 radical (unpaired) electrons. The predicted octanol–water partition coefficient (Wildman–Crippen LogP) is 1.30. The van der Waals surface area contributed by atoms with Gasteiger partial charge in [-0.15, -0.1) is 0 Å². The maximum absolute atomic E-state index is 12.4. The number of benzene rings is 1. The minimum Gasteiger partial charge on any atom is -0.379 e. The molecule has 2 amide bonds. The first-order valence-electron chi connectivity index (χ1n) is 9.00. The molecule has 1 aromatic carbocycles. The quantitative estimate of drug-likeness (QED) is 0.801. The minimum atomic E-state index is -0.519. The molecule has 1 atom stereocenters. The minimum absolute atomic E-state index is 0.106. The molecule has 1 unspecified atom stereocenters. The number of morpholine rings is 1. The fourth-order valence-electron chi connectivity index (χ4n) is 3.04. The van der Waals surface area contributed by atoms with Gasteiger partial charge in [0.25, 0.3) is 5.91 Å². The number of amides is 2. The third-order valence-corrected chi connectivity index (χ3v) is 4.73. The SMILES string of the molecule is CC(CNC(=O)c1ccc(-c2cncc(C(N)=O)c2)cc1)N1CCOCC1. The molecule has 1 aliphatic rings. The normalized spacial score (nSPS) is 15.9. The second kappa shape index (κ2) is 8.75. The molecule has 142 valence electrons. The monoisotopic (exact) mass is 368 g/mol. The summed E-state index contributed by atoms with van der Waals surface area (Å²) >= 11 is 0. The Bertz CT molecular complexity index is 801. The van der Waals surface area contributed by atoms with Crippen molar-refractivity contribution in [1.82, 2.24) is 15.2 Å². The van der Waals surface area contributed by atoms with E-state index in [9.17, 15) is 9.59 Å². The molecule has 1 aliphatic heterocycles. The number of nitrogens with zero attached hydrogens (tertiary/aromatic N) is 2. The van der Waals surface area contributed by atoms with Crippen LogP contribution in [0.1, 0.15) is 27.6 Å². The fraction of sp³-hybridized carbons (Fsp3) is 0.350. The van der Waals surface area contributed by atoms with E-state index in [-0.39, 0.29) is 11.9 Å². The Labute approximate surface area is 158 Å². The van der Waals surface area contributed by atoms with Crippen LogP contribution in [0.4, 0.5) is 0 Å². The molecular formula is C20H24N4O3. The van der Waals surface area contributed by atoms with E-state index >= 15 is 0 Å². The largest absolute Gasteiger partial charge is 0.379 e. The first-order valence-corrected chi connectivity index (χ1v) is 9.00. The summed E-state index contributed by atoms with van der Waals surface area (Å²) in [4.78, 5) is 30.0. The number of hydrogen-bond acceptors (Lipinski definition) is 5. The highest BCUT2D eigenvalue weighted by Gasteiger charge is 2.17. The molecule has 2 heterocycles. The first-order chi connectivity index (χ1) is 13.0. The number of ether oxygens (including phenoxy) is 1. The van der Waals surface area contributed by atoms with Crippen LogP contribution in [0.2, 0.25) is 0 Å². The van der Waals surface area contributed by atoms with E-state index in [1.807, 2.05) is 12.1 Å². The maximum Gasteiger partial charge on any atom is 0.251 e. The number of primary amides is 1. The van der Waals surface area contributed by atoms with Crippen LogP contribution in [-0.4, -0.2) is 60.6 Å². The number of nitrogens with one attached hydrogen (secondary N) is 1. The fourth-order valence-corrected chi connectivity index (χ4v) is 3.04. The van der Waals surface area contributed by atoms with E-state index in [2.05, 4.69) is 22.1 Å². The number of hydrogen-bond donors (Lipinski definition) is 2. The number of carbonyl (C=O) groups is 2. The molecule has 1 aromatic heterocycles. The number of aromatic nitrogens is 1. The van der Waals surface area contributed by atoms with Gasteiger partial charge in [-0.2, -0.15) is 0 Å². The summed E-state index contributed by atoms with van der Waals surface area (Å²) in [5.41, 5.74) is 7.88. The smallest absolute Gasteiger partial charge is 0.251 e. The Balaban J connectivity index is 1.60. The Hall–Kier alpha value is -2.77. The first kappa shape index (κ1) is 19.0. The lowest BCUT2D eigenvalue weighted by Crippen LogP contribution is -2.47. The lowest BCUT2D eigenvalue weighted by molar-refractivity contribution is 0.0204. The third kappa shape index (κ3) is 4.90. The van der Waals surface area contributed by atoms with E-state index in [0.717, 1.165) is 37.4 Å². The Kier molecular flexibility index (Phi) is 6.16. The molecule has 3 rings (SSSR count). The lowest BCUT2D eigenvalue weighted by Gasteiger charge is -2.32. The average molecular weight is 368 g/mol. The average Bonchev–Trinajstić information content (AvgIpc) is 2.72. The molecule has 7 heteroatoms. The van der Waals surface area contributed by atoms with Gasteiger partial charge in [-0.25, -0.2) is 0 Å². The van der Waals surface area contributed by atoms with E-state index in [4.69, 9.17) is 10.5 Å². The molecule has 1 fully saturated rings. The summed E-state index contributed by atoms with van der Waals surface area (Å²) in [5, 5.41) is 2.98. The number of pyridine rings is 1. The van der Waals surface area contributed by atoms with Crippen molar-refractivity contribution in [3.63, 3.8) is 0 Å². The zero-order valence-corrected chi connectivity index (χ0v) is 15.4. The molecule has 7 nitrogen and oxygen atoms in total. The van der Waals surface area contributed by atoms with Gasteiger partial charge in [-0.05, 0) is 30.7 Å². The van der Waals surface area contributed by atoms with Crippen molar-refractivity contribution in [2.45, 2.75) is 13.0 Å². The topological polar surface area (TPSA) is 97.6 Å². The van der Waals surface area contributed by atoms with Crippen molar-refractivity contribution < 1.29 is 14.3 Å². The van der Waals surface area contributed by atoms with E-state index < -0.39 is 5.91 Å². The standard InChI is InChI=1S/C20H24N4O3/c1-14(24-6-8-27-9-7-24)11-23-20(26)16-4-2-15(3-5-16)17-10-18(19(21)25)13-22-12-17/h2-5,10,12-14H,6-9,11H2,1H3,(H2,21,25)(H,23,26). The van der Waals surface area contributed by atoms with Gasteiger partial charge >= 0.3 is 0 Å². The second-order valence-corrected chi connectivity index (χ2v) is 6.61. The molecule has 1 saturated heterocycles. The van der Waals surface area contributed by atoms with Crippen LogP contribution in [0, 0.1) is 0 Å². The molecule has 0 bridgehead atoms. The highest BCUT2D eigenvalue weighted by Crippen LogP contribution is 2.20. The van der Waals surface area contributed by atoms with Gasteiger partial charge in [0.2, 0.25) is 5.91 Å². The highest BCUT2D eigenvalue weighted by atomic mass is 16.5. The van der Waals surface area contributed by atoms with Crippen molar-refractivity contribution in [2.24, 2.45) is 5.73 Å². The second-order valence-electron chi connectivity index (χ2n) is 6.61. The zero-order chi connectivity index (χ0) is 19.2. The van der Waals surface area contributed by atoms with E-state index in [0.29, 0.717) is 17.7 Å². The Morgan fingerprint density at radius 3 is 2.52 bits per heavy atom. The molecule has 0 spiro atoms. The van der Waals surface area contributed by atoms with Crippen molar-refractivity contribution in [1.29, 1.82) is 0 Å². The van der Waals surface area contributed by atoms with Crippen LogP contribution in [0.25, 0.3) is 11.1 Å². The van der Waals surface area contributed by atoms with Gasteiger partial charge in [0.05, 0.1) is 18.8 Å². The van der Waals surface area contributed by atoms with Gasteiger partial charge in [-0.1, -0.05) is 12.1 Å². The summed E-state index contributed by atoms with van der Waals surface area (Å²) in [6, 6.07) is 9.15. The number of rotatable bonds is 6. The lowest BCUT2D eigenvalue weighted by atomic mass is 10.0. The van der Waals surface area contributed by atoms with Crippen LogP contribution in [0.5, 0.6) is 0 Å². The summed E-state index contributed by atoms with van der Waals surface area (Å²) in [7, 11) is 0. The van der Waals surface area contributed by atoms with Gasteiger partial charge < -0.3 is 15.8 Å². The van der Waals surface area contributed by atoms with Crippen LogP contribution < -0.4 is 11.1 Å². The molecule has 0 saturated carbocycles. The molecule has 2 aromatic rings. The van der Waals surface area contributed by atoms with Crippen molar-refractivity contribution in [3.8, 4) is 11.1 Å². The van der Waals surface area contributed by atoms with Crippen LogP contribution in [0.15, 0.2) is 42.7 Å². The van der Waals surface area contributed by atoms with Gasteiger partial charge in [0.15, 0.2) is 0 Å². The predicted molar refractivity (Wildman–Crippen MR) is 102 cm³/mol.